The summed E-state index contributed by atoms with van der Waals surface area (Å²) in [6.45, 7) is 2.45. The topological polar surface area (TPSA) is 77.8 Å². The molecule has 6 nitrogen and oxygen atoms in total. The second-order valence-electron chi connectivity index (χ2n) is 7.75. The fourth-order valence-corrected chi connectivity index (χ4v) is 4.28. The van der Waals surface area contributed by atoms with Gasteiger partial charge in [-0.15, -0.1) is 0 Å². The first kappa shape index (κ1) is 24.5. The summed E-state index contributed by atoms with van der Waals surface area (Å²) in [6, 6.07) is 8.50. The van der Waals surface area contributed by atoms with Crippen molar-refractivity contribution < 1.29 is 33.0 Å². The Hall–Kier alpha value is -3.13. The number of hydrogen-bond acceptors (Lipinski definition) is 4. The molecule has 0 saturated carbocycles. The number of carboxylic acid groups (broad SMARTS) is 1. The fraction of sp³-hybridized carbons (Fsp3) is 0.333. The first-order valence-electron chi connectivity index (χ1n) is 10.3. The maximum atomic E-state index is 13.5. The van der Waals surface area contributed by atoms with Crippen LogP contribution < -0.4 is 9.47 Å². The van der Waals surface area contributed by atoms with Gasteiger partial charge in [-0.1, -0.05) is 31.9 Å². The zero-order chi connectivity index (χ0) is 24.4. The van der Waals surface area contributed by atoms with Crippen LogP contribution in [0.4, 0.5) is 8.78 Å². The van der Waals surface area contributed by atoms with E-state index in [9.17, 15) is 23.5 Å². The third kappa shape index (κ3) is 4.66. The van der Waals surface area contributed by atoms with Crippen molar-refractivity contribution in [1.29, 1.82) is 0 Å². The maximum absolute atomic E-state index is 13.5. The molecule has 0 fully saturated rings. The van der Waals surface area contributed by atoms with Gasteiger partial charge in [-0.05, 0) is 54.8 Å². The number of alkyl halides is 2. The molecule has 3 rings (SSSR count). The number of benzene rings is 2. The Morgan fingerprint density at radius 2 is 1.82 bits per heavy atom. The van der Waals surface area contributed by atoms with Gasteiger partial charge in [-0.3, -0.25) is 14.2 Å². The molecule has 0 amide bonds. The number of nitrogens with zero attached hydrogens (tertiary/aromatic N) is 1. The third-order valence-corrected chi connectivity index (χ3v) is 6.14. The zero-order valence-corrected chi connectivity index (χ0v) is 19.3. The summed E-state index contributed by atoms with van der Waals surface area (Å²) in [7, 11) is 1.45. The first-order chi connectivity index (χ1) is 15.6. The molecule has 2 atom stereocenters. The van der Waals surface area contributed by atoms with E-state index in [1.165, 1.54) is 35.9 Å². The lowest BCUT2D eigenvalue weighted by molar-refractivity contribution is -0.140. The number of halogens is 3. The van der Waals surface area contributed by atoms with Gasteiger partial charge < -0.3 is 14.6 Å². The molecule has 9 heteroatoms. The van der Waals surface area contributed by atoms with Gasteiger partial charge in [0, 0.05) is 16.6 Å². The van der Waals surface area contributed by atoms with E-state index in [2.05, 4.69) is 4.74 Å². The summed E-state index contributed by atoms with van der Waals surface area (Å²) in [5, 5.41) is 10.8. The van der Waals surface area contributed by atoms with Crippen LogP contribution in [0.3, 0.4) is 0 Å². The number of fused-ring (bicyclic) bond motifs is 1. The first-order valence-corrected chi connectivity index (χ1v) is 10.7. The van der Waals surface area contributed by atoms with E-state index >= 15 is 0 Å². The average molecular weight is 480 g/mol. The van der Waals surface area contributed by atoms with Crippen molar-refractivity contribution in [2.45, 2.75) is 39.7 Å². The Morgan fingerprint density at radius 3 is 2.33 bits per heavy atom. The molecule has 1 N–H and O–H groups in total. The Balaban J connectivity index is 2.25. The molecule has 1 unspecified atom stereocenters. The molecule has 33 heavy (non-hydrogen) atoms. The van der Waals surface area contributed by atoms with Crippen LogP contribution in [0.25, 0.3) is 10.9 Å². The van der Waals surface area contributed by atoms with Gasteiger partial charge in [0.25, 0.3) is 5.91 Å². The molecular weight excluding hydrogens is 456 g/mol. The predicted octanol–water partition coefficient (Wildman–Crippen LogP) is 6.12. The van der Waals surface area contributed by atoms with Crippen LogP contribution in [0.5, 0.6) is 11.5 Å². The Kier molecular flexibility index (Phi) is 7.27. The molecule has 0 saturated heterocycles. The number of carbonyl (C=O) groups excluding carboxylic acids is 1. The molecule has 2 aromatic carbocycles. The van der Waals surface area contributed by atoms with E-state index in [0.29, 0.717) is 34.3 Å². The van der Waals surface area contributed by atoms with E-state index in [1.54, 1.807) is 19.1 Å². The number of ether oxygens (including phenoxy) is 2. The Bertz CT molecular complexity index is 1190. The summed E-state index contributed by atoms with van der Waals surface area (Å²) < 4.78 is 36.0. The van der Waals surface area contributed by atoms with Gasteiger partial charge in [0.15, 0.2) is 0 Å². The second kappa shape index (κ2) is 9.79. The zero-order valence-electron chi connectivity index (χ0n) is 18.6. The highest BCUT2D eigenvalue weighted by atomic mass is 35.5. The normalized spacial score (nSPS) is 13.2. The molecule has 0 spiro atoms. The summed E-state index contributed by atoms with van der Waals surface area (Å²) in [6.07, 6.45) is 0.618. The van der Waals surface area contributed by atoms with Gasteiger partial charge in [-0.25, -0.2) is 0 Å². The summed E-state index contributed by atoms with van der Waals surface area (Å²) in [5.74, 6) is -2.24. The molecule has 3 aromatic rings. The van der Waals surface area contributed by atoms with Crippen LogP contribution in [-0.4, -0.2) is 35.3 Å². The van der Waals surface area contributed by atoms with Crippen molar-refractivity contribution in [2.75, 3.05) is 7.11 Å². The molecule has 1 aromatic heterocycles. The lowest BCUT2D eigenvalue weighted by atomic mass is 9.84. The Labute approximate surface area is 194 Å². The predicted molar refractivity (Wildman–Crippen MR) is 121 cm³/mol. The standard InChI is InChI=1S/C24H24ClF2NO5/c1-5-12(2)20(23(30)31)21-13(3)28(18-11-17(25)19(32-4)10-16(18)21)22(29)14-6-8-15(9-7-14)33-24(26)27/h6-12,20,24H,5H2,1-4H3,(H,30,31)/t12?,20-/m0/s1. The van der Waals surface area contributed by atoms with Gasteiger partial charge >= 0.3 is 12.6 Å². The van der Waals surface area contributed by atoms with Gasteiger partial charge in [-0.2, -0.15) is 8.78 Å². The van der Waals surface area contributed by atoms with Gasteiger partial charge in [0.05, 0.1) is 23.6 Å². The SMILES string of the molecule is CCC(C)[C@H](C(=O)O)c1c(C)n(C(=O)c2ccc(OC(F)F)cc2)c2cc(Cl)c(OC)cc12. The van der Waals surface area contributed by atoms with E-state index in [1.807, 2.05) is 13.8 Å². The monoisotopic (exact) mass is 479 g/mol. The highest BCUT2D eigenvalue weighted by Crippen LogP contribution is 2.41. The minimum Gasteiger partial charge on any atom is -0.495 e. The van der Waals surface area contributed by atoms with Crippen molar-refractivity contribution >= 4 is 34.4 Å². The number of aliphatic carboxylic acids is 1. The molecule has 0 bridgehead atoms. The van der Waals surface area contributed by atoms with Crippen LogP contribution in [0.15, 0.2) is 36.4 Å². The van der Waals surface area contributed by atoms with Crippen LogP contribution in [0, 0.1) is 12.8 Å². The molecule has 0 aliphatic rings. The molecular formula is C24H24ClF2NO5. The number of aromatic nitrogens is 1. The van der Waals surface area contributed by atoms with Crippen LogP contribution in [-0.2, 0) is 4.79 Å². The summed E-state index contributed by atoms with van der Waals surface area (Å²) in [4.78, 5) is 25.7. The fourth-order valence-electron chi connectivity index (χ4n) is 4.05. The second-order valence-corrected chi connectivity index (χ2v) is 8.16. The number of methoxy groups -OCH3 is 1. The molecule has 0 aliphatic heterocycles. The van der Waals surface area contributed by atoms with Gasteiger partial charge in [0.2, 0.25) is 0 Å². The van der Waals surface area contributed by atoms with Crippen LogP contribution >= 0.6 is 11.6 Å². The van der Waals surface area contributed by atoms with E-state index in [0.717, 1.165) is 0 Å². The minimum atomic E-state index is -2.98. The lowest BCUT2D eigenvalue weighted by Crippen LogP contribution is -2.21. The molecule has 0 radical (unpaired) electrons. The number of rotatable bonds is 8. The average Bonchev–Trinajstić information content (AvgIpc) is 3.03. The van der Waals surface area contributed by atoms with E-state index < -0.39 is 24.4 Å². The van der Waals surface area contributed by atoms with E-state index in [4.69, 9.17) is 16.3 Å². The van der Waals surface area contributed by atoms with E-state index in [-0.39, 0.29) is 22.3 Å². The molecule has 0 aliphatic carbocycles. The van der Waals surface area contributed by atoms with Gasteiger partial charge in [0.1, 0.15) is 11.5 Å². The lowest BCUT2D eigenvalue weighted by Gasteiger charge is -2.20. The molecule has 1 heterocycles. The quantitative estimate of drug-likeness (QED) is 0.421. The summed E-state index contributed by atoms with van der Waals surface area (Å²) in [5.41, 5.74) is 1.61. The van der Waals surface area contributed by atoms with Crippen molar-refractivity contribution in [2.24, 2.45) is 5.92 Å². The van der Waals surface area contributed by atoms with Crippen LogP contribution in [0.2, 0.25) is 5.02 Å². The minimum absolute atomic E-state index is 0.0770. The maximum Gasteiger partial charge on any atom is 0.387 e. The summed E-state index contributed by atoms with van der Waals surface area (Å²) >= 11 is 6.34. The molecule has 176 valence electrons. The van der Waals surface area contributed by atoms with Crippen molar-refractivity contribution in [3.63, 3.8) is 0 Å². The highest BCUT2D eigenvalue weighted by molar-refractivity contribution is 6.33. The van der Waals surface area contributed by atoms with Crippen LogP contribution in [0.1, 0.15) is 47.8 Å². The third-order valence-electron chi connectivity index (χ3n) is 5.85. The Morgan fingerprint density at radius 1 is 1.18 bits per heavy atom. The van der Waals surface area contributed by atoms with Crippen molar-refractivity contribution in [3.05, 3.63) is 58.2 Å². The smallest absolute Gasteiger partial charge is 0.387 e. The number of carboxylic acids is 1. The van der Waals surface area contributed by atoms with Crippen molar-refractivity contribution in [1.82, 2.24) is 4.57 Å². The largest absolute Gasteiger partial charge is 0.495 e. The number of hydrogen-bond donors (Lipinski definition) is 1. The highest BCUT2D eigenvalue weighted by Gasteiger charge is 2.33. The number of carbonyl (C=O) groups is 2. The van der Waals surface area contributed by atoms with Crippen molar-refractivity contribution in [3.8, 4) is 11.5 Å².